The van der Waals surface area contributed by atoms with Gasteiger partial charge in [-0.3, -0.25) is 0 Å². The normalized spacial score (nSPS) is 12.7. The van der Waals surface area contributed by atoms with Crippen LogP contribution < -0.4 is 0 Å². The Kier molecular flexibility index (Phi) is 15.1. The van der Waals surface area contributed by atoms with Crippen LogP contribution in [0.4, 0.5) is 0 Å². The van der Waals surface area contributed by atoms with Gasteiger partial charge in [0.2, 0.25) is 0 Å². The Balaban J connectivity index is 1.15. The molecule has 0 aliphatic heterocycles. The molecule has 1 aliphatic carbocycles. The van der Waals surface area contributed by atoms with Crippen molar-refractivity contribution >= 4 is 23.2 Å². The van der Waals surface area contributed by atoms with Crippen molar-refractivity contribution in [2.24, 2.45) is 0 Å². The van der Waals surface area contributed by atoms with Gasteiger partial charge in [0, 0.05) is 16.0 Å². The molecule has 0 saturated carbocycles. The Labute approximate surface area is 238 Å². The van der Waals surface area contributed by atoms with Crippen molar-refractivity contribution in [3.8, 4) is 11.1 Å². The molecule has 1 aliphatic rings. The second-order valence-electron chi connectivity index (χ2n) is 11.5. The van der Waals surface area contributed by atoms with Gasteiger partial charge >= 0.3 is 0 Å². The molecule has 0 N–H and O–H groups in total. The number of rotatable bonds is 21. The monoisotopic (exact) mass is 542 g/mol. The van der Waals surface area contributed by atoms with Gasteiger partial charge in [0.1, 0.15) is 0 Å². The summed E-state index contributed by atoms with van der Waals surface area (Å²) in [6, 6.07) is 12.7. The van der Waals surface area contributed by atoms with Gasteiger partial charge < -0.3 is 0 Å². The van der Waals surface area contributed by atoms with Gasteiger partial charge in [0.15, 0.2) is 0 Å². The summed E-state index contributed by atoms with van der Waals surface area (Å²) >= 11 is 12.7. The number of halogens is 2. The highest BCUT2D eigenvalue weighted by atomic mass is 35.5. The minimum Gasteiger partial charge on any atom is -0.0843 e. The molecule has 3 rings (SSSR count). The van der Waals surface area contributed by atoms with E-state index < -0.39 is 0 Å². The minimum absolute atomic E-state index is 0.443. The average Bonchev–Trinajstić information content (AvgIpc) is 3.19. The van der Waals surface area contributed by atoms with Crippen LogP contribution in [0.15, 0.2) is 36.4 Å². The molecular formula is C35H52Cl2. The van der Waals surface area contributed by atoms with Gasteiger partial charge in [0.05, 0.1) is 0 Å². The molecular weight excluding hydrogens is 491 g/mol. The summed E-state index contributed by atoms with van der Waals surface area (Å²) in [7, 11) is 0. The minimum atomic E-state index is 0.443. The molecule has 2 aromatic rings. The molecule has 0 aromatic heterocycles. The van der Waals surface area contributed by atoms with Gasteiger partial charge in [-0.2, -0.15) is 0 Å². The van der Waals surface area contributed by atoms with E-state index in [1.807, 2.05) is 12.1 Å². The fraction of sp³-hybridized carbons (Fsp3) is 0.657. The maximum absolute atomic E-state index is 6.36. The van der Waals surface area contributed by atoms with Crippen LogP contribution in [0.2, 0.25) is 10.0 Å². The molecule has 0 unspecified atom stereocenters. The molecule has 0 nitrogen and oxygen atoms in total. The van der Waals surface area contributed by atoms with Crippen molar-refractivity contribution in [3.05, 3.63) is 57.6 Å². The third kappa shape index (κ3) is 11.0. The van der Waals surface area contributed by atoms with Crippen LogP contribution in [-0.2, 0) is 0 Å². The molecule has 0 bridgehead atoms. The zero-order chi connectivity index (χ0) is 26.1. The Morgan fingerprint density at radius 3 is 1.14 bits per heavy atom. The van der Waals surface area contributed by atoms with E-state index in [9.17, 15) is 0 Å². The SMILES string of the molecule is CCCCCCCCCCCCCCCCCCCCCCC1c2cc(Cl)ccc2-c2ccc(Cl)cc21. The van der Waals surface area contributed by atoms with Crippen LogP contribution in [0.25, 0.3) is 11.1 Å². The molecule has 37 heavy (non-hydrogen) atoms. The summed E-state index contributed by atoms with van der Waals surface area (Å²) in [5.74, 6) is 0.443. The molecule has 0 spiro atoms. The van der Waals surface area contributed by atoms with E-state index in [4.69, 9.17) is 23.2 Å². The molecule has 2 heteroatoms. The molecule has 0 radical (unpaired) electrons. The largest absolute Gasteiger partial charge is 0.0843 e. The fourth-order valence-corrected chi connectivity index (χ4v) is 6.58. The molecule has 0 amide bonds. The summed E-state index contributed by atoms with van der Waals surface area (Å²) in [5, 5.41) is 1.68. The first-order chi connectivity index (χ1) is 18.2. The van der Waals surface area contributed by atoms with E-state index in [1.165, 1.54) is 157 Å². The van der Waals surface area contributed by atoms with Crippen LogP contribution in [0, 0.1) is 0 Å². The van der Waals surface area contributed by atoms with Crippen molar-refractivity contribution in [2.45, 2.75) is 148 Å². The first-order valence-electron chi connectivity index (χ1n) is 15.8. The topological polar surface area (TPSA) is 0 Å². The fourth-order valence-electron chi connectivity index (χ4n) is 6.22. The zero-order valence-electron chi connectivity index (χ0n) is 23.6. The zero-order valence-corrected chi connectivity index (χ0v) is 25.2. The number of fused-ring (bicyclic) bond motifs is 3. The van der Waals surface area contributed by atoms with Crippen LogP contribution in [0.1, 0.15) is 159 Å². The molecule has 2 aromatic carbocycles. The van der Waals surface area contributed by atoms with Crippen molar-refractivity contribution in [2.75, 3.05) is 0 Å². The highest BCUT2D eigenvalue weighted by molar-refractivity contribution is 6.31. The lowest BCUT2D eigenvalue weighted by Crippen LogP contribution is -1.97. The average molecular weight is 544 g/mol. The maximum atomic E-state index is 6.36. The third-order valence-corrected chi connectivity index (χ3v) is 8.88. The number of hydrogen-bond acceptors (Lipinski definition) is 0. The standard InChI is InChI=1S/C35H52Cl2/c1-2-3-4-5-6-7-8-9-10-11-12-13-14-15-16-17-18-19-20-21-22-31-34-27-29(36)23-25-32(34)33-26-24-30(37)28-35(31)33/h23-28,31H,2-22H2,1H3. The second-order valence-corrected chi connectivity index (χ2v) is 12.4. The van der Waals surface area contributed by atoms with E-state index in [-0.39, 0.29) is 0 Å². The lowest BCUT2D eigenvalue weighted by molar-refractivity contribution is 0.518. The quantitative estimate of drug-likeness (QED) is 0.137. The van der Waals surface area contributed by atoms with E-state index in [1.54, 1.807) is 0 Å². The van der Waals surface area contributed by atoms with Gasteiger partial charge in [-0.25, -0.2) is 0 Å². The summed E-state index contributed by atoms with van der Waals surface area (Å²) in [6.45, 7) is 2.30. The van der Waals surface area contributed by atoms with Crippen LogP contribution in [0.3, 0.4) is 0 Å². The van der Waals surface area contributed by atoms with Crippen LogP contribution in [-0.4, -0.2) is 0 Å². The number of benzene rings is 2. The second kappa shape index (κ2) is 18.3. The van der Waals surface area contributed by atoms with Gasteiger partial charge in [-0.15, -0.1) is 0 Å². The first kappa shape index (κ1) is 30.6. The van der Waals surface area contributed by atoms with E-state index in [0.29, 0.717) is 5.92 Å². The summed E-state index contributed by atoms with van der Waals surface area (Å²) in [4.78, 5) is 0. The van der Waals surface area contributed by atoms with E-state index in [0.717, 1.165) is 10.0 Å². The van der Waals surface area contributed by atoms with Crippen molar-refractivity contribution in [1.82, 2.24) is 0 Å². The first-order valence-corrected chi connectivity index (χ1v) is 16.6. The summed E-state index contributed by atoms with van der Waals surface area (Å²) < 4.78 is 0. The van der Waals surface area contributed by atoms with Gasteiger partial charge in [-0.1, -0.05) is 171 Å². The number of unbranched alkanes of at least 4 members (excludes halogenated alkanes) is 19. The Hall–Kier alpha value is -0.980. The predicted molar refractivity (Wildman–Crippen MR) is 166 cm³/mol. The molecule has 0 heterocycles. The lowest BCUT2D eigenvalue weighted by Gasteiger charge is -2.14. The summed E-state index contributed by atoms with van der Waals surface area (Å²) in [6.07, 6.45) is 29.7. The molecule has 0 fully saturated rings. The Morgan fingerprint density at radius 1 is 0.459 bits per heavy atom. The highest BCUT2D eigenvalue weighted by Crippen LogP contribution is 2.48. The van der Waals surface area contributed by atoms with Crippen molar-refractivity contribution in [1.29, 1.82) is 0 Å². The molecule has 0 saturated heterocycles. The lowest BCUT2D eigenvalue weighted by atomic mass is 9.91. The van der Waals surface area contributed by atoms with E-state index in [2.05, 4.69) is 31.2 Å². The van der Waals surface area contributed by atoms with E-state index >= 15 is 0 Å². The number of hydrogen-bond donors (Lipinski definition) is 0. The van der Waals surface area contributed by atoms with Crippen LogP contribution >= 0.6 is 23.2 Å². The van der Waals surface area contributed by atoms with Crippen molar-refractivity contribution in [3.63, 3.8) is 0 Å². The Morgan fingerprint density at radius 2 is 0.784 bits per heavy atom. The summed E-state index contributed by atoms with van der Waals surface area (Å²) in [5.41, 5.74) is 5.47. The smallest absolute Gasteiger partial charge is 0.0409 e. The third-order valence-electron chi connectivity index (χ3n) is 8.41. The molecule has 0 atom stereocenters. The van der Waals surface area contributed by atoms with Gasteiger partial charge in [0.25, 0.3) is 0 Å². The van der Waals surface area contributed by atoms with Gasteiger partial charge in [-0.05, 0) is 52.9 Å². The van der Waals surface area contributed by atoms with Crippen molar-refractivity contribution < 1.29 is 0 Å². The van der Waals surface area contributed by atoms with Crippen LogP contribution in [0.5, 0.6) is 0 Å². The maximum Gasteiger partial charge on any atom is 0.0409 e. The Bertz CT molecular complexity index is 835. The highest BCUT2D eigenvalue weighted by Gasteiger charge is 2.28. The predicted octanol–water partition coefficient (Wildman–Crippen LogP) is 13.3. The molecule has 206 valence electrons.